The molecule has 5 nitrogen and oxygen atoms in total. The number of carbonyl (C=O) groups is 1. The summed E-state index contributed by atoms with van der Waals surface area (Å²) in [7, 11) is -3.18. The zero-order valence-corrected chi connectivity index (χ0v) is 15.5. The van der Waals surface area contributed by atoms with Crippen molar-refractivity contribution >= 4 is 15.9 Å². The second-order valence-corrected chi connectivity index (χ2v) is 9.46. The van der Waals surface area contributed by atoms with Crippen molar-refractivity contribution < 1.29 is 13.2 Å². The number of carbonyl (C=O) groups excluding carboxylic acids is 1. The molecule has 2 atom stereocenters. The first-order valence-corrected chi connectivity index (χ1v) is 11.2. The third-order valence-corrected chi connectivity index (χ3v) is 7.17. The van der Waals surface area contributed by atoms with Crippen molar-refractivity contribution in [1.29, 1.82) is 0 Å². The molecule has 0 aromatic rings. The average Bonchev–Trinajstić information content (AvgIpc) is 2.75. The topological polar surface area (TPSA) is 57.7 Å². The summed E-state index contributed by atoms with van der Waals surface area (Å²) in [5.74, 6) is 0.402. The number of sulfonamides is 1. The van der Waals surface area contributed by atoms with Crippen LogP contribution < -0.4 is 0 Å². The maximum absolute atomic E-state index is 12.7. The summed E-state index contributed by atoms with van der Waals surface area (Å²) in [4.78, 5) is 14.7. The normalized spacial score (nSPS) is 29.3. The number of likely N-dealkylation sites (tertiary alicyclic amines) is 1. The molecule has 0 aromatic heterocycles. The minimum atomic E-state index is -3.18. The summed E-state index contributed by atoms with van der Waals surface area (Å²) in [6.45, 7) is 1.47. The number of hydrogen-bond donors (Lipinski definition) is 0. The molecular formula is C18H30N2O3S. The van der Waals surface area contributed by atoms with Crippen molar-refractivity contribution in [1.82, 2.24) is 9.21 Å². The van der Waals surface area contributed by atoms with E-state index in [0.717, 1.165) is 64.3 Å². The number of amides is 1. The summed E-state index contributed by atoms with van der Waals surface area (Å²) in [5, 5.41) is 0. The van der Waals surface area contributed by atoms with Gasteiger partial charge >= 0.3 is 0 Å². The SMILES string of the molecule is CS(=O)(=O)N(C1CCC1)[C@H]1CCCN(C(=O)[C@H]2CC=CCC2)CC1. The standard InChI is InChI=1S/C18H30N2O3S/c1-24(22,23)20(16-9-5-10-16)17-11-6-13-19(14-12-17)18(21)15-7-3-2-4-8-15/h2-3,15-17H,4-14H2,1H3/t15-,17-/m0/s1. The van der Waals surface area contributed by atoms with Crippen molar-refractivity contribution in [2.75, 3.05) is 19.3 Å². The van der Waals surface area contributed by atoms with Crippen LogP contribution in [0, 0.1) is 5.92 Å². The van der Waals surface area contributed by atoms with Crippen molar-refractivity contribution in [2.45, 2.75) is 69.9 Å². The lowest BCUT2D eigenvalue weighted by molar-refractivity contribution is -0.135. The van der Waals surface area contributed by atoms with Crippen LogP contribution in [0.3, 0.4) is 0 Å². The van der Waals surface area contributed by atoms with E-state index in [0.29, 0.717) is 6.54 Å². The molecule has 0 radical (unpaired) electrons. The summed E-state index contributed by atoms with van der Waals surface area (Å²) in [6, 6.07) is 0.255. The van der Waals surface area contributed by atoms with Gasteiger partial charge in [0.05, 0.1) is 6.26 Å². The van der Waals surface area contributed by atoms with Crippen molar-refractivity contribution in [3.8, 4) is 0 Å². The highest BCUT2D eigenvalue weighted by Gasteiger charge is 2.38. The minimum Gasteiger partial charge on any atom is -0.342 e. The van der Waals surface area contributed by atoms with E-state index in [2.05, 4.69) is 12.2 Å². The molecule has 6 heteroatoms. The fraction of sp³-hybridized carbons (Fsp3) is 0.833. The Morgan fingerprint density at radius 3 is 2.29 bits per heavy atom. The number of rotatable bonds is 4. The fourth-order valence-corrected chi connectivity index (χ4v) is 5.82. The molecular weight excluding hydrogens is 324 g/mol. The highest BCUT2D eigenvalue weighted by Crippen LogP contribution is 2.32. The van der Waals surface area contributed by atoms with Gasteiger partial charge in [0.1, 0.15) is 0 Å². The Bertz CT molecular complexity index is 583. The Kier molecular flexibility index (Phi) is 5.65. The van der Waals surface area contributed by atoms with Crippen LogP contribution in [0.2, 0.25) is 0 Å². The molecule has 0 unspecified atom stereocenters. The third kappa shape index (κ3) is 4.02. The van der Waals surface area contributed by atoms with Gasteiger partial charge in [0, 0.05) is 31.1 Å². The molecule has 0 bridgehead atoms. The number of nitrogens with zero attached hydrogens (tertiary/aromatic N) is 2. The highest BCUT2D eigenvalue weighted by atomic mass is 32.2. The third-order valence-electron chi connectivity index (χ3n) is 5.81. The predicted molar refractivity (Wildman–Crippen MR) is 95.0 cm³/mol. The molecule has 1 saturated carbocycles. The van der Waals surface area contributed by atoms with Gasteiger partial charge in [-0.05, 0) is 51.4 Å². The lowest BCUT2D eigenvalue weighted by atomic mass is 9.91. The molecule has 1 amide bonds. The quantitative estimate of drug-likeness (QED) is 0.729. The van der Waals surface area contributed by atoms with Crippen LogP contribution in [0.15, 0.2) is 12.2 Å². The van der Waals surface area contributed by atoms with E-state index in [1.807, 2.05) is 4.90 Å². The second kappa shape index (κ2) is 7.56. The molecule has 3 aliphatic rings. The fourth-order valence-electron chi connectivity index (χ4n) is 4.31. The molecule has 1 saturated heterocycles. The Balaban J connectivity index is 1.63. The molecule has 2 fully saturated rings. The van der Waals surface area contributed by atoms with E-state index in [1.165, 1.54) is 6.26 Å². The van der Waals surface area contributed by atoms with Crippen LogP contribution in [0.5, 0.6) is 0 Å². The average molecular weight is 355 g/mol. The van der Waals surface area contributed by atoms with Crippen LogP contribution in [-0.4, -0.2) is 55.0 Å². The molecule has 136 valence electrons. The Labute approximate surface area is 146 Å². The van der Waals surface area contributed by atoms with Gasteiger partial charge in [-0.25, -0.2) is 8.42 Å². The van der Waals surface area contributed by atoms with E-state index in [1.54, 1.807) is 4.31 Å². The van der Waals surface area contributed by atoms with Crippen LogP contribution in [-0.2, 0) is 14.8 Å². The van der Waals surface area contributed by atoms with E-state index in [4.69, 9.17) is 0 Å². The molecule has 0 aromatic carbocycles. The van der Waals surface area contributed by atoms with Crippen molar-refractivity contribution in [2.24, 2.45) is 5.92 Å². The first-order chi connectivity index (χ1) is 11.5. The van der Waals surface area contributed by atoms with Gasteiger partial charge in [-0.15, -0.1) is 0 Å². The van der Waals surface area contributed by atoms with Gasteiger partial charge in [-0.1, -0.05) is 18.6 Å². The van der Waals surface area contributed by atoms with E-state index in [9.17, 15) is 13.2 Å². The molecule has 0 N–H and O–H groups in total. The zero-order chi connectivity index (χ0) is 17.2. The lowest BCUT2D eigenvalue weighted by Crippen LogP contribution is -2.50. The Morgan fingerprint density at radius 2 is 1.71 bits per heavy atom. The molecule has 2 aliphatic carbocycles. The van der Waals surface area contributed by atoms with Gasteiger partial charge in [-0.2, -0.15) is 4.31 Å². The van der Waals surface area contributed by atoms with Gasteiger partial charge in [0.25, 0.3) is 0 Å². The summed E-state index contributed by atoms with van der Waals surface area (Å²) < 4.78 is 26.3. The maximum Gasteiger partial charge on any atom is 0.226 e. The monoisotopic (exact) mass is 354 g/mol. The van der Waals surface area contributed by atoms with Crippen LogP contribution in [0.4, 0.5) is 0 Å². The summed E-state index contributed by atoms with van der Waals surface area (Å²) >= 11 is 0. The summed E-state index contributed by atoms with van der Waals surface area (Å²) in [5.41, 5.74) is 0. The Hall–Kier alpha value is -0.880. The smallest absolute Gasteiger partial charge is 0.226 e. The van der Waals surface area contributed by atoms with Crippen LogP contribution >= 0.6 is 0 Å². The molecule has 3 rings (SSSR count). The van der Waals surface area contributed by atoms with Crippen molar-refractivity contribution in [3.63, 3.8) is 0 Å². The van der Waals surface area contributed by atoms with Gasteiger partial charge < -0.3 is 4.90 Å². The van der Waals surface area contributed by atoms with E-state index in [-0.39, 0.29) is 23.9 Å². The van der Waals surface area contributed by atoms with E-state index < -0.39 is 10.0 Å². The van der Waals surface area contributed by atoms with Gasteiger partial charge in [-0.3, -0.25) is 4.79 Å². The molecule has 1 aliphatic heterocycles. The summed E-state index contributed by atoms with van der Waals surface area (Å²) in [6.07, 6.45) is 14.1. The second-order valence-electron chi connectivity index (χ2n) is 7.57. The van der Waals surface area contributed by atoms with Crippen molar-refractivity contribution in [3.05, 3.63) is 12.2 Å². The highest BCUT2D eigenvalue weighted by molar-refractivity contribution is 7.88. The molecule has 24 heavy (non-hydrogen) atoms. The number of allylic oxidation sites excluding steroid dienone is 2. The lowest BCUT2D eigenvalue weighted by Gasteiger charge is -2.40. The Morgan fingerprint density at radius 1 is 1.00 bits per heavy atom. The largest absolute Gasteiger partial charge is 0.342 e. The van der Waals surface area contributed by atoms with Gasteiger partial charge in [0.15, 0.2) is 0 Å². The van der Waals surface area contributed by atoms with E-state index >= 15 is 0 Å². The molecule has 0 spiro atoms. The zero-order valence-electron chi connectivity index (χ0n) is 14.7. The first kappa shape index (κ1) is 17.9. The molecule has 1 heterocycles. The maximum atomic E-state index is 12.7. The predicted octanol–water partition coefficient (Wildman–Crippen LogP) is 2.54. The first-order valence-electron chi connectivity index (χ1n) is 9.39. The minimum absolute atomic E-state index is 0.0642. The van der Waals surface area contributed by atoms with Crippen LogP contribution in [0.25, 0.3) is 0 Å². The van der Waals surface area contributed by atoms with Crippen LogP contribution in [0.1, 0.15) is 57.8 Å². The number of hydrogen-bond acceptors (Lipinski definition) is 3. The van der Waals surface area contributed by atoms with Gasteiger partial charge in [0.2, 0.25) is 15.9 Å².